The minimum atomic E-state index is -5.04. The number of carbonyl (C=O) groups is 1. The van der Waals surface area contributed by atoms with Crippen LogP contribution in [0.3, 0.4) is 0 Å². The van der Waals surface area contributed by atoms with Crippen LogP contribution >= 0.6 is 0 Å². The fraction of sp³-hybridized carbons (Fsp3) is 0.581. The molecule has 6 nitrogen and oxygen atoms in total. The molecule has 248 valence electrons. The van der Waals surface area contributed by atoms with E-state index in [4.69, 9.17) is 17.7 Å². The van der Waals surface area contributed by atoms with Gasteiger partial charge in [0.2, 0.25) is 25.0 Å². The molecular formula is C31H52F3NO5Si4. The first-order valence-electron chi connectivity index (χ1n) is 15.1. The molecule has 44 heavy (non-hydrogen) atoms. The number of rotatable bonds is 14. The molecule has 0 aliphatic heterocycles. The van der Waals surface area contributed by atoms with Gasteiger partial charge in [0.05, 0.1) is 12.6 Å². The van der Waals surface area contributed by atoms with Gasteiger partial charge in [-0.05, 0) is 127 Å². The normalized spacial score (nSPS) is 14.5. The second kappa shape index (κ2) is 14.1. The Bertz CT molecular complexity index is 1210. The van der Waals surface area contributed by atoms with E-state index in [9.17, 15) is 18.0 Å². The smallest absolute Gasteiger partial charge is 0.471 e. The molecule has 2 aromatic carbocycles. The van der Waals surface area contributed by atoms with Crippen LogP contribution in [0.4, 0.5) is 13.2 Å². The summed E-state index contributed by atoms with van der Waals surface area (Å²) < 4.78 is 67.3. The van der Waals surface area contributed by atoms with E-state index in [-0.39, 0.29) is 13.0 Å². The molecule has 0 bridgehead atoms. The van der Waals surface area contributed by atoms with Crippen LogP contribution in [-0.2, 0) is 15.6 Å². The lowest BCUT2D eigenvalue weighted by Gasteiger charge is -2.36. The summed E-state index contributed by atoms with van der Waals surface area (Å²) in [5.74, 6) is 0.00743. The van der Waals surface area contributed by atoms with Gasteiger partial charge in [-0.1, -0.05) is 12.1 Å². The molecule has 1 amide bonds. The summed E-state index contributed by atoms with van der Waals surface area (Å²) in [6, 6.07) is 12.1. The first kappa shape index (κ1) is 38.1. The van der Waals surface area contributed by atoms with Gasteiger partial charge in [-0.25, -0.2) is 0 Å². The number of hydrogen-bond acceptors (Lipinski definition) is 5. The number of benzene rings is 2. The Labute approximate surface area is 266 Å². The van der Waals surface area contributed by atoms with Crippen molar-refractivity contribution in [1.29, 1.82) is 0 Å². The van der Waals surface area contributed by atoms with E-state index in [0.717, 1.165) is 16.2 Å². The van der Waals surface area contributed by atoms with Crippen LogP contribution in [0.25, 0.3) is 0 Å². The van der Waals surface area contributed by atoms with Crippen molar-refractivity contribution in [3.05, 3.63) is 53.6 Å². The highest BCUT2D eigenvalue weighted by molar-refractivity contribution is 6.71. The zero-order valence-electron chi connectivity index (χ0n) is 28.7. The van der Waals surface area contributed by atoms with Crippen LogP contribution in [-0.4, -0.2) is 62.8 Å². The Kier molecular flexibility index (Phi) is 12.2. The maximum absolute atomic E-state index is 14.0. The van der Waals surface area contributed by atoms with Gasteiger partial charge in [-0.3, -0.25) is 4.79 Å². The van der Waals surface area contributed by atoms with Gasteiger partial charge >= 0.3 is 12.1 Å². The quantitative estimate of drug-likeness (QED) is 0.185. The molecule has 0 saturated carbocycles. The van der Waals surface area contributed by atoms with Crippen molar-refractivity contribution < 1.29 is 35.7 Å². The molecule has 0 aromatic heterocycles. The Morgan fingerprint density at radius 3 is 1.52 bits per heavy atom. The van der Waals surface area contributed by atoms with Crippen LogP contribution in [0.15, 0.2) is 42.5 Å². The molecule has 2 aromatic rings. The van der Waals surface area contributed by atoms with E-state index < -0.39 is 57.5 Å². The molecule has 0 N–H and O–H groups in total. The Morgan fingerprint density at radius 1 is 0.705 bits per heavy atom. The van der Waals surface area contributed by atoms with E-state index in [1.807, 2.05) is 62.1 Å². The Balaban J connectivity index is 2.55. The molecule has 2 unspecified atom stereocenters. The van der Waals surface area contributed by atoms with E-state index in [1.54, 1.807) is 6.92 Å². The average molecular weight is 688 g/mol. The Morgan fingerprint density at radius 2 is 1.14 bits per heavy atom. The van der Waals surface area contributed by atoms with Gasteiger partial charge in [0.15, 0.2) is 8.32 Å². The SMILES string of the molecule is CC(Cc1ccc(O[Si](C)(C)C)cc1)N(CC(O[Si](C)(C)C)c1cc(O[Si](C)(C)C)cc(O[Si](C)(C)C)c1)C(=O)C(F)(F)F. The lowest BCUT2D eigenvalue weighted by molar-refractivity contribution is -0.188. The van der Waals surface area contributed by atoms with Gasteiger partial charge in [0, 0.05) is 12.1 Å². The van der Waals surface area contributed by atoms with Crippen LogP contribution in [0.5, 0.6) is 17.2 Å². The molecule has 0 spiro atoms. The third-order valence-corrected chi connectivity index (χ3v) is 9.43. The van der Waals surface area contributed by atoms with Crippen LogP contribution < -0.4 is 13.3 Å². The van der Waals surface area contributed by atoms with Crippen LogP contribution in [0, 0.1) is 0 Å². The summed E-state index contributed by atoms with van der Waals surface area (Å²) >= 11 is 0. The first-order valence-corrected chi connectivity index (χ1v) is 28.7. The molecule has 0 saturated heterocycles. The van der Waals surface area contributed by atoms with Gasteiger partial charge < -0.3 is 22.6 Å². The first-order chi connectivity index (χ1) is 19.7. The van der Waals surface area contributed by atoms with Crippen molar-refractivity contribution in [1.82, 2.24) is 4.90 Å². The maximum Gasteiger partial charge on any atom is 0.471 e. The molecule has 13 heteroatoms. The Hall–Kier alpha value is -2.07. The topological polar surface area (TPSA) is 57.2 Å². The number of nitrogens with zero attached hydrogens (tertiary/aromatic N) is 1. The standard InChI is InChI=1S/C31H52F3NO5Si4/c1-23(18-24-14-16-26(17-15-24)37-41(2,3)4)35(30(36)31(32,33)34)22-29(40-44(11,12)13)25-19-27(38-42(5,6)7)21-28(20-25)39-43(8,9)10/h14-17,19-21,23,29H,18,22H2,1-13H3. The summed E-state index contributed by atoms with van der Waals surface area (Å²) in [7, 11) is -8.19. The highest BCUT2D eigenvalue weighted by Gasteiger charge is 2.45. The lowest BCUT2D eigenvalue weighted by atomic mass is 10.0. The van der Waals surface area contributed by atoms with Gasteiger partial charge in [-0.2, -0.15) is 13.2 Å². The number of carbonyl (C=O) groups excluding carboxylic acids is 1. The predicted molar refractivity (Wildman–Crippen MR) is 183 cm³/mol. The number of halogens is 3. The van der Waals surface area contributed by atoms with E-state index in [0.29, 0.717) is 17.1 Å². The molecule has 0 fully saturated rings. The maximum atomic E-state index is 14.0. The second-order valence-corrected chi connectivity index (χ2v) is 33.0. The van der Waals surface area contributed by atoms with Gasteiger partial charge in [0.25, 0.3) is 0 Å². The predicted octanol–water partition coefficient (Wildman–Crippen LogP) is 9.24. The van der Waals surface area contributed by atoms with Crippen molar-refractivity contribution in [2.45, 2.75) is 110 Å². The molecule has 0 heterocycles. The molecule has 2 atom stereocenters. The zero-order chi connectivity index (χ0) is 33.9. The van der Waals surface area contributed by atoms with Crippen molar-refractivity contribution >= 4 is 39.2 Å². The van der Waals surface area contributed by atoms with E-state index in [1.165, 1.54) is 0 Å². The summed E-state index contributed by atoms with van der Waals surface area (Å²) in [4.78, 5) is 13.9. The van der Waals surface area contributed by atoms with E-state index in [2.05, 4.69) is 58.9 Å². The highest BCUT2D eigenvalue weighted by atomic mass is 28.4. The van der Waals surface area contributed by atoms with Crippen molar-refractivity contribution in [3.8, 4) is 17.2 Å². The summed E-state index contributed by atoms with van der Waals surface area (Å²) in [5, 5.41) is 0. The molecular weight excluding hydrogens is 636 g/mol. The third-order valence-electron chi connectivity index (χ3n) is 5.89. The van der Waals surface area contributed by atoms with Crippen molar-refractivity contribution in [2.75, 3.05) is 6.54 Å². The summed E-state index contributed by atoms with van der Waals surface area (Å²) in [6.07, 6.45) is -5.63. The minimum Gasteiger partial charge on any atom is -0.544 e. The average Bonchev–Trinajstić information content (AvgIpc) is 2.77. The fourth-order valence-corrected chi connectivity index (χ4v) is 8.10. The minimum absolute atomic E-state index is 0.234. The molecule has 0 aliphatic rings. The van der Waals surface area contributed by atoms with Gasteiger partial charge in [0.1, 0.15) is 17.2 Å². The largest absolute Gasteiger partial charge is 0.544 e. The van der Waals surface area contributed by atoms with Crippen LogP contribution in [0.2, 0.25) is 78.6 Å². The van der Waals surface area contributed by atoms with Gasteiger partial charge in [-0.15, -0.1) is 0 Å². The molecule has 0 radical (unpaired) electrons. The number of alkyl halides is 3. The molecule has 0 aliphatic carbocycles. The van der Waals surface area contributed by atoms with Crippen LogP contribution in [0.1, 0.15) is 24.2 Å². The summed E-state index contributed by atoms with van der Waals surface area (Å²) in [5.41, 5.74) is 1.43. The lowest BCUT2D eigenvalue weighted by Crippen LogP contribution is -2.49. The fourth-order valence-electron chi connectivity index (χ4n) is 4.55. The van der Waals surface area contributed by atoms with Crippen molar-refractivity contribution in [3.63, 3.8) is 0 Å². The monoisotopic (exact) mass is 687 g/mol. The third kappa shape index (κ3) is 13.9. The number of hydrogen-bond donors (Lipinski definition) is 0. The van der Waals surface area contributed by atoms with Crippen molar-refractivity contribution in [2.24, 2.45) is 0 Å². The highest BCUT2D eigenvalue weighted by Crippen LogP contribution is 2.34. The zero-order valence-corrected chi connectivity index (χ0v) is 32.7. The number of amides is 1. The second-order valence-electron chi connectivity index (χ2n) is 15.3. The van der Waals surface area contributed by atoms with E-state index >= 15 is 0 Å². The summed E-state index contributed by atoms with van der Waals surface area (Å²) in [6.45, 7) is 25.9. The molecule has 2 rings (SSSR count).